The predicted octanol–water partition coefficient (Wildman–Crippen LogP) is 2.52. The summed E-state index contributed by atoms with van der Waals surface area (Å²) in [6.07, 6.45) is 4.62. The van der Waals surface area contributed by atoms with Gasteiger partial charge in [-0.15, -0.1) is 10.2 Å². The topological polar surface area (TPSA) is 74.8 Å². The lowest BCUT2D eigenvalue weighted by Gasteiger charge is -2.33. The third-order valence-electron chi connectivity index (χ3n) is 4.59. The van der Waals surface area contributed by atoms with Crippen molar-refractivity contribution >= 4 is 5.91 Å². The van der Waals surface area contributed by atoms with E-state index in [0.717, 1.165) is 24.3 Å². The van der Waals surface area contributed by atoms with Crippen LogP contribution in [0.4, 0.5) is 0 Å². The molecule has 0 atom stereocenters. The van der Waals surface area contributed by atoms with Crippen molar-refractivity contribution in [3.05, 3.63) is 29.8 Å². The summed E-state index contributed by atoms with van der Waals surface area (Å²) in [7, 11) is 1.91. The Morgan fingerprint density at radius 2 is 1.86 bits per heavy atom. The molecule has 0 unspecified atom stereocenters. The monoisotopic (exact) mass is 299 g/mol. The average molecular weight is 299 g/mol. The molecule has 1 aromatic heterocycles. The quantitative estimate of drug-likeness (QED) is 0.945. The number of aromatic amines is 1. The second kappa shape index (κ2) is 6.25. The van der Waals surface area contributed by atoms with Gasteiger partial charge in [0, 0.05) is 24.2 Å². The van der Waals surface area contributed by atoms with Crippen LogP contribution in [0.3, 0.4) is 0 Å². The molecule has 1 N–H and O–H groups in total. The number of benzene rings is 1. The zero-order valence-corrected chi connectivity index (χ0v) is 13.0. The summed E-state index contributed by atoms with van der Waals surface area (Å²) in [6, 6.07) is 7.73. The molecule has 0 spiro atoms. The number of nitrogens with one attached hydrogen (secondary N) is 1. The smallest absolute Gasteiger partial charge is 0.253 e. The molecule has 1 fully saturated rings. The summed E-state index contributed by atoms with van der Waals surface area (Å²) >= 11 is 0. The van der Waals surface area contributed by atoms with Crippen LogP contribution in [0.2, 0.25) is 0 Å². The van der Waals surface area contributed by atoms with Gasteiger partial charge in [0.05, 0.1) is 0 Å². The molecule has 0 bridgehead atoms. The number of hydrogen-bond donors (Lipinski definition) is 1. The Morgan fingerprint density at radius 1 is 1.18 bits per heavy atom. The molecule has 0 radical (unpaired) electrons. The van der Waals surface area contributed by atoms with E-state index in [9.17, 15) is 4.79 Å². The van der Waals surface area contributed by atoms with Gasteiger partial charge < -0.3 is 4.90 Å². The molecule has 3 rings (SSSR count). The van der Waals surface area contributed by atoms with Gasteiger partial charge in [-0.1, -0.05) is 19.1 Å². The third-order valence-corrected chi connectivity index (χ3v) is 4.59. The molecule has 0 aliphatic heterocycles. The van der Waals surface area contributed by atoms with E-state index in [0.29, 0.717) is 17.4 Å². The van der Waals surface area contributed by atoms with Gasteiger partial charge in [0.25, 0.3) is 5.91 Å². The molecule has 2 aromatic rings. The van der Waals surface area contributed by atoms with Gasteiger partial charge in [-0.3, -0.25) is 4.79 Å². The fraction of sp³-hybridized carbons (Fsp3) is 0.500. The Kier molecular flexibility index (Phi) is 4.18. The Labute approximate surface area is 129 Å². The summed E-state index contributed by atoms with van der Waals surface area (Å²) in [6.45, 7) is 2.29. The van der Waals surface area contributed by atoms with E-state index in [2.05, 4.69) is 27.5 Å². The fourth-order valence-electron chi connectivity index (χ4n) is 3.05. The first-order valence-corrected chi connectivity index (χ1v) is 7.76. The number of rotatable bonds is 3. The second-order valence-electron chi connectivity index (χ2n) is 6.14. The maximum absolute atomic E-state index is 12.6. The number of carbonyl (C=O) groups excluding carboxylic acids is 1. The minimum atomic E-state index is 0.0826. The molecule has 116 valence electrons. The van der Waals surface area contributed by atoms with Crippen LogP contribution in [0, 0.1) is 5.92 Å². The predicted molar refractivity (Wildman–Crippen MR) is 83.1 cm³/mol. The van der Waals surface area contributed by atoms with Gasteiger partial charge in [-0.05, 0) is 48.9 Å². The Balaban J connectivity index is 1.69. The Hall–Kier alpha value is -2.24. The van der Waals surface area contributed by atoms with E-state index in [4.69, 9.17) is 0 Å². The lowest BCUT2D eigenvalue weighted by molar-refractivity contribution is 0.0679. The van der Waals surface area contributed by atoms with Crippen LogP contribution in [-0.4, -0.2) is 44.5 Å². The number of nitrogens with zero attached hydrogens (tertiary/aromatic N) is 4. The number of carbonyl (C=O) groups is 1. The maximum Gasteiger partial charge on any atom is 0.253 e. The molecule has 1 saturated carbocycles. The van der Waals surface area contributed by atoms with Crippen molar-refractivity contribution in [2.75, 3.05) is 7.05 Å². The number of tetrazole rings is 1. The minimum absolute atomic E-state index is 0.0826. The maximum atomic E-state index is 12.6. The van der Waals surface area contributed by atoms with Crippen molar-refractivity contribution in [3.63, 3.8) is 0 Å². The second-order valence-corrected chi connectivity index (χ2v) is 6.14. The fourth-order valence-corrected chi connectivity index (χ4v) is 3.05. The zero-order chi connectivity index (χ0) is 15.5. The van der Waals surface area contributed by atoms with E-state index in [1.807, 2.05) is 36.2 Å². The SMILES string of the molecule is CC1CCC(N(C)C(=O)c2ccc(-c3nn[nH]n3)cc2)CC1. The van der Waals surface area contributed by atoms with Gasteiger partial charge in [-0.2, -0.15) is 5.21 Å². The number of aromatic nitrogens is 4. The van der Waals surface area contributed by atoms with Crippen LogP contribution in [0.25, 0.3) is 11.4 Å². The molecule has 1 aromatic carbocycles. The zero-order valence-electron chi connectivity index (χ0n) is 13.0. The first-order valence-electron chi connectivity index (χ1n) is 7.76. The highest BCUT2D eigenvalue weighted by Crippen LogP contribution is 2.27. The van der Waals surface area contributed by atoms with Crippen molar-refractivity contribution in [1.82, 2.24) is 25.5 Å². The van der Waals surface area contributed by atoms with Gasteiger partial charge in [0.2, 0.25) is 5.82 Å². The summed E-state index contributed by atoms with van der Waals surface area (Å²) in [4.78, 5) is 14.5. The van der Waals surface area contributed by atoms with Crippen LogP contribution in [0.1, 0.15) is 43.0 Å². The van der Waals surface area contributed by atoms with Crippen LogP contribution in [-0.2, 0) is 0 Å². The van der Waals surface area contributed by atoms with E-state index in [1.165, 1.54) is 12.8 Å². The minimum Gasteiger partial charge on any atom is -0.339 e. The van der Waals surface area contributed by atoms with E-state index >= 15 is 0 Å². The number of H-pyrrole nitrogens is 1. The number of amides is 1. The van der Waals surface area contributed by atoms with Gasteiger partial charge >= 0.3 is 0 Å². The Morgan fingerprint density at radius 3 is 2.45 bits per heavy atom. The molecule has 6 nitrogen and oxygen atoms in total. The molecule has 1 aliphatic rings. The molecule has 1 heterocycles. The number of hydrogen-bond acceptors (Lipinski definition) is 4. The first-order chi connectivity index (χ1) is 10.6. The highest BCUT2D eigenvalue weighted by Gasteiger charge is 2.25. The van der Waals surface area contributed by atoms with Crippen LogP contribution < -0.4 is 0 Å². The van der Waals surface area contributed by atoms with Crippen molar-refractivity contribution in [3.8, 4) is 11.4 Å². The van der Waals surface area contributed by atoms with Crippen LogP contribution in [0.5, 0.6) is 0 Å². The molecule has 1 aliphatic carbocycles. The summed E-state index contributed by atoms with van der Waals surface area (Å²) < 4.78 is 0. The molecule has 0 saturated heterocycles. The molecule has 1 amide bonds. The summed E-state index contributed by atoms with van der Waals surface area (Å²) in [5.74, 6) is 1.40. The summed E-state index contributed by atoms with van der Waals surface area (Å²) in [5, 5.41) is 13.8. The lowest BCUT2D eigenvalue weighted by atomic mass is 9.86. The van der Waals surface area contributed by atoms with E-state index in [1.54, 1.807) is 0 Å². The standard InChI is InChI=1S/C16H21N5O/c1-11-3-9-14(10-4-11)21(2)16(22)13-7-5-12(6-8-13)15-17-19-20-18-15/h5-8,11,14H,3-4,9-10H2,1-2H3,(H,17,18,19,20). The highest BCUT2D eigenvalue weighted by atomic mass is 16.2. The van der Waals surface area contributed by atoms with Crippen LogP contribution in [0.15, 0.2) is 24.3 Å². The summed E-state index contributed by atoms with van der Waals surface area (Å²) in [5.41, 5.74) is 1.55. The third kappa shape index (κ3) is 3.00. The lowest BCUT2D eigenvalue weighted by Crippen LogP contribution is -2.39. The first kappa shape index (κ1) is 14.7. The molecule has 22 heavy (non-hydrogen) atoms. The van der Waals surface area contributed by atoms with E-state index in [-0.39, 0.29) is 5.91 Å². The normalized spacial score (nSPS) is 21.5. The van der Waals surface area contributed by atoms with Crippen molar-refractivity contribution in [2.45, 2.75) is 38.6 Å². The van der Waals surface area contributed by atoms with Gasteiger partial charge in [0.1, 0.15) is 0 Å². The molecule has 6 heteroatoms. The largest absolute Gasteiger partial charge is 0.339 e. The van der Waals surface area contributed by atoms with Crippen LogP contribution >= 0.6 is 0 Å². The van der Waals surface area contributed by atoms with Gasteiger partial charge in [-0.25, -0.2) is 0 Å². The molecular weight excluding hydrogens is 278 g/mol. The average Bonchev–Trinajstić information content (AvgIpc) is 3.09. The van der Waals surface area contributed by atoms with Crippen molar-refractivity contribution < 1.29 is 4.79 Å². The molecular formula is C16H21N5O. The van der Waals surface area contributed by atoms with E-state index < -0.39 is 0 Å². The Bertz CT molecular complexity index is 614. The van der Waals surface area contributed by atoms with Crippen molar-refractivity contribution in [1.29, 1.82) is 0 Å². The van der Waals surface area contributed by atoms with Gasteiger partial charge in [0.15, 0.2) is 0 Å². The highest BCUT2D eigenvalue weighted by molar-refractivity contribution is 5.94. The van der Waals surface area contributed by atoms with Crippen molar-refractivity contribution in [2.24, 2.45) is 5.92 Å².